The van der Waals surface area contributed by atoms with E-state index in [1.54, 1.807) is 0 Å². The largest absolute Gasteiger partial charge is 0.478 e. The molecule has 9 heteroatoms. The lowest BCUT2D eigenvalue weighted by Gasteiger charge is -2.08. The molecule has 1 aromatic carbocycles. The summed E-state index contributed by atoms with van der Waals surface area (Å²) >= 11 is 0. The Morgan fingerprint density at radius 2 is 1.90 bits per heavy atom. The normalized spacial score (nSPS) is 10.6. The van der Waals surface area contributed by atoms with E-state index in [-0.39, 0.29) is 5.56 Å². The smallest absolute Gasteiger partial charge is 0.354 e. The van der Waals surface area contributed by atoms with Crippen molar-refractivity contribution >= 4 is 28.5 Å². The van der Waals surface area contributed by atoms with Gasteiger partial charge >= 0.3 is 11.9 Å². The minimum absolute atomic E-state index is 0.0858. The first-order chi connectivity index (χ1) is 9.73. The maximum absolute atomic E-state index is 13.9. The molecule has 108 valence electrons. The molecule has 21 heavy (non-hydrogen) atoms. The van der Waals surface area contributed by atoms with Crippen LogP contribution in [0.25, 0.3) is 10.9 Å². The third-order valence-electron chi connectivity index (χ3n) is 2.83. The number of hydrogen-bond acceptors (Lipinski definition) is 5. The molecule has 0 saturated heterocycles. The Bertz CT molecular complexity index is 817. The molecule has 0 amide bonds. The number of carbonyl (C=O) groups is 2. The van der Waals surface area contributed by atoms with Crippen LogP contribution in [-0.4, -0.2) is 32.1 Å². The van der Waals surface area contributed by atoms with Gasteiger partial charge in [0, 0.05) is 5.56 Å². The average Bonchev–Trinajstić information content (AvgIpc) is 2.36. The molecule has 2 rings (SSSR count). The van der Waals surface area contributed by atoms with Gasteiger partial charge in [0.2, 0.25) is 0 Å². The summed E-state index contributed by atoms with van der Waals surface area (Å²) < 4.78 is 13.9. The molecule has 2 N–H and O–H groups in total. The summed E-state index contributed by atoms with van der Waals surface area (Å²) in [5.74, 6) is -4.21. The predicted molar refractivity (Wildman–Crippen MR) is 67.0 cm³/mol. The van der Waals surface area contributed by atoms with Crippen LogP contribution < -0.4 is 0 Å². The molecule has 0 fully saturated rings. The molecule has 1 heterocycles. The molecule has 8 nitrogen and oxygen atoms in total. The van der Waals surface area contributed by atoms with E-state index in [2.05, 4.69) is 4.98 Å². The van der Waals surface area contributed by atoms with Gasteiger partial charge in [-0.05, 0) is 19.1 Å². The Morgan fingerprint density at radius 1 is 1.29 bits per heavy atom. The summed E-state index contributed by atoms with van der Waals surface area (Å²) in [5.41, 5.74) is -2.76. The second kappa shape index (κ2) is 4.78. The zero-order chi connectivity index (χ0) is 15.9. The number of benzene rings is 1. The van der Waals surface area contributed by atoms with Gasteiger partial charge in [-0.3, -0.25) is 10.1 Å². The van der Waals surface area contributed by atoms with Crippen molar-refractivity contribution < 1.29 is 29.1 Å². The first-order valence-electron chi connectivity index (χ1n) is 5.49. The Labute approximate surface area is 115 Å². The van der Waals surface area contributed by atoms with Gasteiger partial charge in [0.05, 0.1) is 15.9 Å². The topological polar surface area (TPSA) is 131 Å². The van der Waals surface area contributed by atoms with Crippen molar-refractivity contribution in [1.82, 2.24) is 4.98 Å². The first kappa shape index (κ1) is 14.3. The molecule has 0 radical (unpaired) electrons. The third kappa shape index (κ3) is 2.24. The number of halogens is 1. The van der Waals surface area contributed by atoms with Crippen molar-refractivity contribution in [2.45, 2.75) is 6.92 Å². The molecule has 0 unspecified atom stereocenters. The number of rotatable bonds is 3. The Balaban J connectivity index is 3.11. The van der Waals surface area contributed by atoms with E-state index in [1.807, 2.05) is 0 Å². The number of carboxylic acids is 2. The van der Waals surface area contributed by atoms with Crippen LogP contribution >= 0.6 is 0 Å². The molecule has 0 saturated carbocycles. The number of hydrogen-bond donors (Lipinski definition) is 2. The molecule has 2 aromatic rings. The summed E-state index contributed by atoms with van der Waals surface area (Å²) in [6.07, 6.45) is 0. The molecule has 0 spiro atoms. The van der Waals surface area contributed by atoms with Crippen molar-refractivity contribution in [3.8, 4) is 0 Å². The predicted octanol–water partition coefficient (Wildman–Crippen LogP) is 1.99. The second-order valence-electron chi connectivity index (χ2n) is 4.17. The van der Waals surface area contributed by atoms with Gasteiger partial charge in [-0.15, -0.1) is 0 Å². The Morgan fingerprint density at radius 3 is 2.38 bits per heavy atom. The van der Waals surface area contributed by atoms with Gasteiger partial charge in [0.15, 0.2) is 0 Å². The highest BCUT2D eigenvalue weighted by molar-refractivity contribution is 6.09. The lowest BCUT2D eigenvalue weighted by molar-refractivity contribution is -0.383. The van der Waals surface area contributed by atoms with Crippen LogP contribution in [0.4, 0.5) is 10.1 Å². The fourth-order valence-electron chi connectivity index (χ4n) is 2.00. The number of pyridine rings is 1. The van der Waals surface area contributed by atoms with Crippen LogP contribution in [0.3, 0.4) is 0 Å². The van der Waals surface area contributed by atoms with E-state index in [9.17, 15) is 24.1 Å². The van der Waals surface area contributed by atoms with Gasteiger partial charge < -0.3 is 10.2 Å². The van der Waals surface area contributed by atoms with E-state index in [0.717, 1.165) is 6.07 Å². The maximum atomic E-state index is 13.9. The fraction of sp³-hybridized carbons (Fsp3) is 0.0833. The van der Waals surface area contributed by atoms with Crippen molar-refractivity contribution in [3.63, 3.8) is 0 Å². The molecule has 0 atom stereocenters. The number of fused-ring (bicyclic) bond motifs is 1. The van der Waals surface area contributed by atoms with E-state index in [1.165, 1.54) is 6.92 Å². The van der Waals surface area contributed by atoms with Crippen LogP contribution in [0.2, 0.25) is 0 Å². The first-order valence-corrected chi connectivity index (χ1v) is 5.49. The van der Waals surface area contributed by atoms with E-state index < -0.39 is 50.5 Å². The monoisotopic (exact) mass is 294 g/mol. The summed E-state index contributed by atoms with van der Waals surface area (Å²) in [5, 5.41) is 28.5. The molecule has 0 aliphatic carbocycles. The maximum Gasteiger partial charge on any atom is 0.354 e. The number of nitrogens with zero attached hydrogens (tertiary/aromatic N) is 2. The second-order valence-corrected chi connectivity index (χ2v) is 4.17. The van der Waals surface area contributed by atoms with Gasteiger partial charge in [0.25, 0.3) is 5.69 Å². The van der Waals surface area contributed by atoms with Crippen LogP contribution in [0.1, 0.15) is 26.4 Å². The van der Waals surface area contributed by atoms with E-state index in [4.69, 9.17) is 10.2 Å². The zero-order valence-corrected chi connectivity index (χ0v) is 10.5. The number of aromatic carboxylic acids is 2. The van der Waals surface area contributed by atoms with Gasteiger partial charge in [-0.25, -0.2) is 19.0 Å². The number of carboxylic acid groups (broad SMARTS) is 2. The Hall–Kier alpha value is -3.10. The van der Waals surface area contributed by atoms with Crippen molar-refractivity contribution in [2.24, 2.45) is 0 Å². The summed E-state index contributed by atoms with van der Waals surface area (Å²) in [7, 11) is 0. The molecule has 0 bridgehead atoms. The van der Waals surface area contributed by atoms with Gasteiger partial charge in [-0.1, -0.05) is 0 Å². The molecule has 1 aromatic heterocycles. The summed E-state index contributed by atoms with van der Waals surface area (Å²) in [4.78, 5) is 35.8. The lowest BCUT2D eigenvalue weighted by Crippen LogP contribution is -2.09. The van der Waals surface area contributed by atoms with Crippen molar-refractivity contribution in [1.29, 1.82) is 0 Å². The lowest BCUT2D eigenvalue weighted by atomic mass is 10.0. The zero-order valence-electron chi connectivity index (χ0n) is 10.5. The summed E-state index contributed by atoms with van der Waals surface area (Å²) in [6.45, 7) is 1.25. The summed E-state index contributed by atoms with van der Waals surface area (Å²) in [6, 6.07) is 1.48. The highest BCUT2D eigenvalue weighted by Crippen LogP contribution is 2.33. The molecular formula is C12H7FN2O6. The highest BCUT2D eigenvalue weighted by Gasteiger charge is 2.27. The SMILES string of the molecule is Cc1cc(F)c2nc(C(=O)O)cc(C(=O)O)c2c1[N+](=O)[O-]. The number of aryl methyl sites for hydroxylation is 1. The van der Waals surface area contributed by atoms with Crippen LogP contribution in [0, 0.1) is 22.9 Å². The quantitative estimate of drug-likeness (QED) is 0.653. The third-order valence-corrected chi connectivity index (χ3v) is 2.83. The van der Waals surface area contributed by atoms with E-state index in [0.29, 0.717) is 6.07 Å². The van der Waals surface area contributed by atoms with Crippen LogP contribution in [0.5, 0.6) is 0 Å². The Kier molecular flexibility index (Phi) is 3.26. The highest BCUT2D eigenvalue weighted by atomic mass is 19.1. The van der Waals surface area contributed by atoms with Gasteiger partial charge in [-0.2, -0.15) is 0 Å². The van der Waals surface area contributed by atoms with Crippen molar-refractivity contribution in [3.05, 3.63) is 44.9 Å². The van der Waals surface area contributed by atoms with Crippen LogP contribution in [0.15, 0.2) is 12.1 Å². The van der Waals surface area contributed by atoms with E-state index >= 15 is 0 Å². The van der Waals surface area contributed by atoms with Crippen LogP contribution in [-0.2, 0) is 0 Å². The standard InChI is InChI=1S/C12H7FN2O6/c1-4-2-6(13)9-8(10(4)15(20)21)5(11(16)17)3-7(14-9)12(18)19/h2-3H,1H3,(H,16,17)(H,18,19). The average molecular weight is 294 g/mol. The molecule has 0 aliphatic heterocycles. The number of aromatic nitrogens is 1. The van der Waals surface area contributed by atoms with Crippen molar-refractivity contribution in [2.75, 3.05) is 0 Å². The molecular weight excluding hydrogens is 287 g/mol. The minimum Gasteiger partial charge on any atom is -0.478 e. The molecule has 0 aliphatic rings. The number of nitro groups is 1. The minimum atomic E-state index is -1.61. The fourth-order valence-corrected chi connectivity index (χ4v) is 2.00. The number of nitro benzene ring substituents is 1. The van der Waals surface area contributed by atoms with Gasteiger partial charge in [0.1, 0.15) is 17.0 Å².